The second-order valence-corrected chi connectivity index (χ2v) is 5.31. The van der Waals surface area contributed by atoms with Gasteiger partial charge in [-0.05, 0) is 18.9 Å². The average molecular weight is 309 g/mol. The minimum atomic E-state index is -0.519. The SMILES string of the molecule is CCc1nn(C)c(COc2ccccc2[C@H](O)CC)c1Cl. The van der Waals surface area contributed by atoms with Crippen LogP contribution in [-0.4, -0.2) is 14.9 Å². The van der Waals surface area contributed by atoms with Crippen LogP contribution in [0.5, 0.6) is 5.75 Å². The summed E-state index contributed by atoms with van der Waals surface area (Å²) in [6, 6.07) is 7.53. The predicted molar refractivity (Wildman–Crippen MR) is 83.6 cm³/mol. The molecule has 114 valence electrons. The van der Waals surface area contributed by atoms with Crippen molar-refractivity contribution in [1.82, 2.24) is 9.78 Å². The molecule has 1 aromatic heterocycles. The van der Waals surface area contributed by atoms with Crippen LogP contribution in [-0.2, 0) is 20.1 Å². The lowest BCUT2D eigenvalue weighted by Crippen LogP contribution is -2.06. The van der Waals surface area contributed by atoms with E-state index < -0.39 is 6.10 Å². The maximum atomic E-state index is 10.0. The van der Waals surface area contributed by atoms with Crippen molar-refractivity contribution in [2.24, 2.45) is 7.05 Å². The van der Waals surface area contributed by atoms with E-state index in [0.717, 1.165) is 23.4 Å². The first-order valence-electron chi connectivity index (χ1n) is 7.18. The molecular weight excluding hydrogens is 288 g/mol. The Morgan fingerprint density at radius 3 is 2.67 bits per heavy atom. The molecule has 0 unspecified atom stereocenters. The highest BCUT2D eigenvalue weighted by Crippen LogP contribution is 2.29. The number of aromatic nitrogens is 2. The van der Waals surface area contributed by atoms with Gasteiger partial charge in [0.05, 0.1) is 22.5 Å². The Hall–Kier alpha value is -1.52. The first kappa shape index (κ1) is 15.9. The normalized spacial score (nSPS) is 12.4. The maximum absolute atomic E-state index is 10.0. The number of hydrogen-bond donors (Lipinski definition) is 1. The van der Waals surface area contributed by atoms with Crippen molar-refractivity contribution < 1.29 is 9.84 Å². The van der Waals surface area contributed by atoms with Crippen LogP contribution in [0.15, 0.2) is 24.3 Å². The quantitative estimate of drug-likeness (QED) is 0.886. The van der Waals surface area contributed by atoms with E-state index in [1.165, 1.54) is 0 Å². The molecule has 0 aliphatic carbocycles. The molecule has 21 heavy (non-hydrogen) atoms. The molecule has 1 N–H and O–H groups in total. The smallest absolute Gasteiger partial charge is 0.131 e. The van der Waals surface area contributed by atoms with Crippen LogP contribution in [0.2, 0.25) is 5.02 Å². The number of rotatable bonds is 6. The molecule has 0 bridgehead atoms. The van der Waals surface area contributed by atoms with Crippen LogP contribution < -0.4 is 4.74 Å². The number of benzene rings is 1. The van der Waals surface area contributed by atoms with E-state index in [9.17, 15) is 5.11 Å². The second-order valence-electron chi connectivity index (χ2n) is 4.94. The molecule has 4 nitrogen and oxygen atoms in total. The van der Waals surface area contributed by atoms with Crippen molar-refractivity contribution in [2.75, 3.05) is 0 Å². The lowest BCUT2D eigenvalue weighted by Gasteiger charge is -2.15. The molecule has 0 saturated heterocycles. The molecule has 2 rings (SSSR count). The van der Waals surface area contributed by atoms with Crippen molar-refractivity contribution in [3.8, 4) is 5.75 Å². The zero-order chi connectivity index (χ0) is 15.4. The fraction of sp³-hybridized carbons (Fsp3) is 0.438. The Kier molecular flexibility index (Phi) is 5.26. The summed E-state index contributed by atoms with van der Waals surface area (Å²) in [5, 5.41) is 15.1. The van der Waals surface area contributed by atoms with E-state index in [1.807, 2.05) is 45.2 Å². The van der Waals surface area contributed by atoms with Crippen LogP contribution in [0.4, 0.5) is 0 Å². The van der Waals surface area contributed by atoms with E-state index in [4.69, 9.17) is 16.3 Å². The number of aryl methyl sites for hydroxylation is 2. The van der Waals surface area contributed by atoms with Crippen molar-refractivity contribution in [2.45, 2.75) is 39.4 Å². The van der Waals surface area contributed by atoms with Crippen LogP contribution in [0.25, 0.3) is 0 Å². The van der Waals surface area contributed by atoms with Gasteiger partial charge in [-0.15, -0.1) is 0 Å². The largest absolute Gasteiger partial charge is 0.487 e. The maximum Gasteiger partial charge on any atom is 0.131 e. The third-order valence-corrected chi connectivity index (χ3v) is 3.97. The Morgan fingerprint density at radius 2 is 2.05 bits per heavy atom. The van der Waals surface area contributed by atoms with Gasteiger partial charge in [0, 0.05) is 12.6 Å². The standard InChI is InChI=1S/C16H21ClN2O2/c1-4-12-16(17)13(19(3)18-12)10-21-15-9-7-6-8-11(15)14(20)5-2/h6-9,14,20H,4-5,10H2,1-3H3/t14-/m1/s1. The van der Waals surface area contributed by atoms with Gasteiger partial charge in [0.25, 0.3) is 0 Å². The molecule has 0 aliphatic heterocycles. The summed E-state index contributed by atoms with van der Waals surface area (Å²) in [6.07, 6.45) is 0.916. The number of nitrogens with zero attached hydrogens (tertiary/aromatic N) is 2. The van der Waals surface area contributed by atoms with Gasteiger partial charge >= 0.3 is 0 Å². The third-order valence-electron chi connectivity index (χ3n) is 3.53. The highest BCUT2D eigenvalue weighted by Gasteiger charge is 2.15. The number of aliphatic hydroxyl groups is 1. The van der Waals surface area contributed by atoms with E-state index in [-0.39, 0.29) is 0 Å². The Balaban J connectivity index is 2.19. The lowest BCUT2D eigenvalue weighted by atomic mass is 10.1. The molecule has 0 fully saturated rings. The number of ether oxygens (including phenoxy) is 1. The van der Waals surface area contributed by atoms with Crippen LogP contribution in [0, 0.1) is 0 Å². The summed E-state index contributed by atoms with van der Waals surface area (Å²) in [7, 11) is 1.86. The van der Waals surface area contributed by atoms with Crippen LogP contribution >= 0.6 is 11.6 Å². The monoisotopic (exact) mass is 308 g/mol. The van der Waals surface area contributed by atoms with Gasteiger partial charge < -0.3 is 9.84 Å². The lowest BCUT2D eigenvalue weighted by molar-refractivity contribution is 0.166. The van der Waals surface area contributed by atoms with Gasteiger partial charge in [-0.1, -0.05) is 43.6 Å². The molecule has 5 heteroatoms. The zero-order valence-electron chi connectivity index (χ0n) is 12.6. The van der Waals surface area contributed by atoms with Crippen LogP contribution in [0.1, 0.15) is 43.3 Å². The summed E-state index contributed by atoms with van der Waals surface area (Å²) in [5.74, 6) is 0.683. The van der Waals surface area contributed by atoms with Crippen molar-refractivity contribution >= 4 is 11.6 Å². The summed E-state index contributed by atoms with van der Waals surface area (Å²) >= 11 is 6.31. The molecule has 0 saturated carbocycles. The number of aliphatic hydroxyl groups excluding tert-OH is 1. The van der Waals surface area contributed by atoms with Crippen molar-refractivity contribution in [3.63, 3.8) is 0 Å². The molecule has 1 heterocycles. The highest BCUT2D eigenvalue weighted by atomic mass is 35.5. The summed E-state index contributed by atoms with van der Waals surface area (Å²) in [5.41, 5.74) is 2.52. The Bertz CT molecular complexity index is 610. The van der Waals surface area contributed by atoms with E-state index in [1.54, 1.807) is 4.68 Å². The molecule has 1 aromatic carbocycles. The zero-order valence-corrected chi connectivity index (χ0v) is 13.4. The molecule has 0 aliphatic rings. The fourth-order valence-corrected chi connectivity index (χ4v) is 2.58. The Morgan fingerprint density at radius 1 is 1.33 bits per heavy atom. The molecule has 1 atom stereocenters. The first-order valence-corrected chi connectivity index (χ1v) is 7.56. The number of hydrogen-bond acceptors (Lipinski definition) is 3. The minimum absolute atomic E-state index is 0.329. The van der Waals surface area contributed by atoms with Gasteiger partial charge in [0.2, 0.25) is 0 Å². The van der Waals surface area contributed by atoms with Crippen molar-refractivity contribution in [1.29, 1.82) is 0 Å². The van der Waals surface area contributed by atoms with Gasteiger partial charge in [-0.3, -0.25) is 4.68 Å². The molecular formula is C16H21ClN2O2. The van der Waals surface area contributed by atoms with E-state index >= 15 is 0 Å². The highest BCUT2D eigenvalue weighted by molar-refractivity contribution is 6.31. The second kappa shape index (κ2) is 6.96. The van der Waals surface area contributed by atoms with Gasteiger partial charge in [0.15, 0.2) is 0 Å². The van der Waals surface area contributed by atoms with Gasteiger partial charge in [0.1, 0.15) is 12.4 Å². The van der Waals surface area contributed by atoms with Crippen molar-refractivity contribution in [3.05, 3.63) is 46.2 Å². The topological polar surface area (TPSA) is 47.3 Å². The van der Waals surface area contributed by atoms with Crippen LogP contribution in [0.3, 0.4) is 0 Å². The predicted octanol–water partition coefficient (Wildman–Crippen LogP) is 3.66. The summed E-state index contributed by atoms with van der Waals surface area (Å²) in [4.78, 5) is 0. The summed E-state index contributed by atoms with van der Waals surface area (Å²) < 4.78 is 7.61. The number of halogens is 1. The van der Waals surface area contributed by atoms with Gasteiger partial charge in [-0.2, -0.15) is 5.10 Å². The first-order chi connectivity index (χ1) is 10.1. The summed E-state index contributed by atoms with van der Waals surface area (Å²) in [6.45, 7) is 4.29. The fourth-order valence-electron chi connectivity index (χ4n) is 2.23. The minimum Gasteiger partial charge on any atom is -0.487 e. The molecule has 0 amide bonds. The molecule has 0 radical (unpaired) electrons. The Labute approximate surface area is 130 Å². The average Bonchev–Trinajstić information content (AvgIpc) is 2.79. The molecule has 0 spiro atoms. The third kappa shape index (κ3) is 3.39. The molecule has 2 aromatic rings. The van der Waals surface area contributed by atoms with Gasteiger partial charge in [-0.25, -0.2) is 0 Å². The van der Waals surface area contributed by atoms with E-state index in [0.29, 0.717) is 23.8 Å². The van der Waals surface area contributed by atoms with E-state index in [2.05, 4.69) is 5.10 Å². The number of para-hydroxylation sites is 1.